The monoisotopic (exact) mass is 293 g/mol. The molecule has 1 aromatic rings. The van der Waals surface area contributed by atoms with Gasteiger partial charge in [-0.2, -0.15) is 0 Å². The molecule has 0 spiro atoms. The fourth-order valence-corrected chi connectivity index (χ4v) is 3.10. The van der Waals surface area contributed by atoms with Crippen LogP contribution in [0.5, 0.6) is 0 Å². The summed E-state index contributed by atoms with van der Waals surface area (Å²) in [7, 11) is 0. The molecule has 1 saturated heterocycles. The Morgan fingerprint density at radius 2 is 2.05 bits per heavy atom. The number of amides is 1. The molecule has 114 valence electrons. The number of rotatable bonds is 2. The van der Waals surface area contributed by atoms with Gasteiger partial charge in [0.15, 0.2) is 0 Å². The number of benzene rings is 1. The zero-order valence-electron chi connectivity index (χ0n) is 12.5. The zero-order valence-corrected chi connectivity index (χ0v) is 12.5. The van der Waals surface area contributed by atoms with Crippen LogP contribution in [0.15, 0.2) is 18.2 Å². The summed E-state index contributed by atoms with van der Waals surface area (Å²) in [6.07, 6.45) is 1.53. The topological polar surface area (TPSA) is 57.6 Å². The fourth-order valence-electron chi connectivity index (χ4n) is 3.10. The fraction of sp³-hybridized carbons (Fsp3) is 0.500. The smallest absolute Gasteiger partial charge is 0.326 e. The van der Waals surface area contributed by atoms with Crippen molar-refractivity contribution in [2.24, 2.45) is 5.41 Å². The van der Waals surface area contributed by atoms with Gasteiger partial charge in [0.2, 0.25) is 0 Å². The molecule has 1 heterocycles. The lowest BCUT2D eigenvalue weighted by molar-refractivity contribution is -0.148. The number of halogens is 1. The average Bonchev–Trinajstić information content (AvgIpc) is 2.36. The zero-order chi connectivity index (χ0) is 15.8. The number of carbonyl (C=O) groups excluding carboxylic acids is 1. The highest BCUT2D eigenvalue weighted by Crippen LogP contribution is 2.36. The van der Waals surface area contributed by atoms with Crippen LogP contribution in [0.2, 0.25) is 0 Å². The third kappa shape index (κ3) is 2.91. The summed E-state index contributed by atoms with van der Waals surface area (Å²) < 4.78 is 13.2. The molecule has 1 amide bonds. The minimum Gasteiger partial charge on any atom is -0.480 e. The Hall–Kier alpha value is -1.91. The summed E-state index contributed by atoms with van der Waals surface area (Å²) in [5, 5.41) is 9.50. The number of hydrogen-bond donors (Lipinski definition) is 1. The number of hydrogen-bond acceptors (Lipinski definition) is 2. The maximum Gasteiger partial charge on any atom is 0.326 e. The van der Waals surface area contributed by atoms with Gasteiger partial charge in [-0.3, -0.25) is 4.79 Å². The molecule has 0 bridgehead atoms. The van der Waals surface area contributed by atoms with E-state index in [0.29, 0.717) is 17.7 Å². The predicted molar refractivity (Wildman–Crippen MR) is 76.6 cm³/mol. The first kappa shape index (κ1) is 15.5. The molecule has 5 heteroatoms. The number of carbonyl (C=O) groups is 2. The minimum atomic E-state index is -0.993. The maximum absolute atomic E-state index is 13.2. The van der Waals surface area contributed by atoms with Gasteiger partial charge in [0.25, 0.3) is 5.91 Å². The second kappa shape index (κ2) is 5.47. The van der Waals surface area contributed by atoms with Crippen molar-refractivity contribution < 1.29 is 19.1 Å². The lowest BCUT2D eigenvalue weighted by Gasteiger charge is -2.44. The summed E-state index contributed by atoms with van der Waals surface area (Å²) in [4.78, 5) is 25.7. The second-order valence-electron chi connectivity index (χ2n) is 6.29. The normalized spacial score (nSPS) is 21.1. The van der Waals surface area contributed by atoms with E-state index in [0.717, 1.165) is 12.8 Å². The predicted octanol–water partition coefficient (Wildman–Crippen LogP) is 2.85. The van der Waals surface area contributed by atoms with Gasteiger partial charge in [-0.1, -0.05) is 13.8 Å². The van der Waals surface area contributed by atoms with Crippen LogP contribution in [0.3, 0.4) is 0 Å². The third-order valence-corrected chi connectivity index (χ3v) is 4.19. The molecule has 1 aromatic carbocycles. The lowest BCUT2D eigenvalue weighted by atomic mass is 9.76. The van der Waals surface area contributed by atoms with Crippen LogP contribution < -0.4 is 0 Å². The van der Waals surface area contributed by atoms with Crippen molar-refractivity contribution in [2.75, 3.05) is 6.54 Å². The van der Waals surface area contributed by atoms with E-state index in [1.165, 1.54) is 23.1 Å². The Kier molecular flexibility index (Phi) is 4.03. The minimum absolute atomic E-state index is 0.340. The van der Waals surface area contributed by atoms with Crippen molar-refractivity contribution in [3.8, 4) is 0 Å². The van der Waals surface area contributed by atoms with Gasteiger partial charge < -0.3 is 10.0 Å². The van der Waals surface area contributed by atoms with E-state index < -0.39 is 23.2 Å². The van der Waals surface area contributed by atoms with Crippen LogP contribution in [-0.4, -0.2) is 34.5 Å². The number of piperidine rings is 1. The van der Waals surface area contributed by atoms with Gasteiger partial charge in [-0.25, -0.2) is 9.18 Å². The Labute approximate surface area is 123 Å². The number of carboxylic acid groups (broad SMARTS) is 1. The van der Waals surface area contributed by atoms with E-state index in [9.17, 15) is 19.1 Å². The van der Waals surface area contributed by atoms with Gasteiger partial charge in [0.1, 0.15) is 11.9 Å². The first-order valence-corrected chi connectivity index (χ1v) is 7.04. The van der Waals surface area contributed by atoms with Crippen LogP contribution in [0.1, 0.15) is 42.6 Å². The molecule has 1 atom stereocenters. The van der Waals surface area contributed by atoms with Gasteiger partial charge in [-0.15, -0.1) is 0 Å². The molecule has 1 unspecified atom stereocenters. The molecule has 0 saturated carbocycles. The summed E-state index contributed by atoms with van der Waals surface area (Å²) in [6.45, 7) is 5.79. The van der Waals surface area contributed by atoms with E-state index in [2.05, 4.69) is 0 Å². The van der Waals surface area contributed by atoms with Crippen molar-refractivity contribution in [3.05, 3.63) is 35.1 Å². The van der Waals surface area contributed by atoms with E-state index in [4.69, 9.17) is 0 Å². The maximum atomic E-state index is 13.2. The Morgan fingerprint density at radius 3 is 2.62 bits per heavy atom. The van der Waals surface area contributed by atoms with Crippen molar-refractivity contribution in [1.29, 1.82) is 0 Å². The molecule has 0 aromatic heterocycles. The van der Waals surface area contributed by atoms with Crippen molar-refractivity contribution in [3.63, 3.8) is 0 Å². The number of carboxylic acids is 1. The van der Waals surface area contributed by atoms with Crippen molar-refractivity contribution >= 4 is 11.9 Å². The first-order chi connectivity index (χ1) is 9.74. The Morgan fingerprint density at radius 1 is 1.38 bits per heavy atom. The standard InChI is InChI=1S/C16H20FNO3/c1-10-9-11(17)5-6-12(10)14(19)18-8-4-7-16(2,3)13(18)15(20)21/h5-6,9,13H,4,7-8H2,1-3H3,(H,20,21). The Balaban J connectivity index is 2.38. The largest absolute Gasteiger partial charge is 0.480 e. The van der Waals surface area contributed by atoms with E-state index in [1.807, 2.05) is 13.8 Å². The summed E-state index contributed by atoms with van der Waals surface area (Å²) >= 11 is 0. The molecule has 0 aliphatic carbocycles. The van der Waals surface area contributed by atoms with Crippen LogP contribution >= 0.6 is 0 Å². The number of likely N-dealkylation sites (tertiary alicyclic amines) is 1. The van der Waals surface area contributed by atoms with Crippen LogP contribution in [0, 0.1) is 18.2 Å². The van der Waals surface area contributed by atoms with E-state index in [-0.39, 0.29) is 5.91 Å². The van der Waals surface area contributed by atoms with Gasteiger partial charge in [0, 0.05) is 12.1 Å². The summed E-state index contributed by atoms with van der Waals surface area (Å²) in [5.74, 6) is -1.74. The molecule has 21 heavy (non-hydrogen) atoms. The molecule has 0 radical (unpaired) electrons. The average molecular weight is 293 g/mol. The molecular weight excluding hydrogens is 273 g/mol. The van der Waals surface area contributed by atoms with Gasteiger partial charge >= 0.3 is 5.97 Å². The highest BCUT2D eigenvalue weighted by molar-refractivity contribution is 5.98. The quantitative estimate of drug-likeness (QED) is 0.912. The summed E-state index contributed by atoms with van der Waals surface area (Å²) in [5.41, 5.74) is 0.404. The molecule has 2 rings (SSSR count). The van der Waals surface area contributed by atoms with Gasteiger partial charge in [-0.05, 0) is 48.9 Å². The Bertz CT molecular complexity index is 583. The number of nitrogens with zero attached hydrogens (tertiary/aromatic N) is 1. The van der Waals surface area contributed by atoms with Crippen molar-refractivity contribution in [1.82, 2.24) is 4.90 Å². The molecular formula is C16H20FNO3. The van der Waals surface area contributed by atoms with E-state index >= 15 is 0 Å². The van der Waals surface area contributed by atoms with Crippen LogP contribution in [-0.2, 0) is 4.79 Å². The third-order valence-electron chi connectivity index (χ3n) is 4.19. The highest BCUT2D eigenvalue weighted by atomic mass is 19.1. The number of aryl methyl sites for hydroxylation is 1. The second-order valence-corrected chi connectivity index (χ2v) is 6.29. The van der Waals surface area contributed by atoms with Crippen LogP contribution in [0.4, 0.5) is 4.39 Å². The molecule has 1 aliphatic rings. The molecule has 1 N–H and O–H groups in total. The van der Waals surface area contributed by atoms with Crippen molar-refractivity contribution in [2.45, 2.75) is 39.7 Å². The van der Waals surface area contributed by atoms with E-state index in [1.54, 1.807) is 6.92 Å². The van der Waals surface area contributed by atoms with Gasteiger partial charge in [0.05, 0.1) is 0 Å². The SMILES string of the molecule is Cc1cc(F)ccc1C(=O)N1CCCC(C)(C)C1C(=O)O. The highest BCUT2D eigenvalue weighted by Gasteiger charge is 2.44. The number of aliphatic carboxylic acids is 1. The molecule has 1 fully saturated rings. The molecule has 4 nitrogen and oxygen atoms in total. The van der Waals surface area contributed by atoms with Crippen LogP contribution in [0.25, 0.3) is 0 Å². The lowest BCUT2D eigenvalue weighted by Crippen LogP contribution is -2.56. The molecule has 1 aliphatic heterocycles. The first-order valence-electron chi connectivity index (χ1n) is 7.04. The summed E-state index contributed by atoms with van der Waals surface area (Å²) in [6, 6.07) is 3.08.